The Morgan fingerprint density at radius 3 is 2.13 bits per heavy atom. The van der Waals surface area contributed by atoms with E-state index in [1.165, 1.54) is 12.1 Å². The monoisotopic (exact) mass is 423 g/mol. The highest BCUT2D eigenvalue weighted by Crippen LogP contribution is 2.19. The van der Waals surface area contributed by atoms with E-state index >= 15 is 0 Å². The van der Waals surface area contributed by atoms with Crippen LogP contribution in [0.1, 0.15) is 18.4 Å². The lowest BCUT2D eigenvalue weighted by Gasteiger charge is -2.32. The molecule has 1 saturated heterocycles. The molecule has 0 bridgehead atoms. The summed E-state index contributed by atoms with van der Waals surface area (Å²) in [6.45, 7) is 11.1. The SMILES string of the molecule is C=CCNc1nc(NCC=C)nc(N2CCC(NCC=Cc3ccc(F)cc3)CC2)n1. The van der Waals surface area contributed by atoms with Crippen molar-refractivity contribution >= 4 is 23.9 Å². The fraction of sp³-hybridized carbons (Fsp3) is 0.348. The molecule has 2 aromatic rings. The van der Waals surface area contributed by atoms with Gasteiger partial charge in [-0.1, -0.05) is 36.4 Å². The van der Waals surface area contributed by atoms with Crippen LogP contribution in [0.3, 0.4) is 0 Å². The molecule has 7 nitrogen and oxygen atoms in total. The Kier molecular flexibility index (Phi) is 8.54. The summed E-state index contributed by atoms with van der Waals surface area (Å²) in [4.78, 5) is 15.7. The highest BCUT2D eigenvalue weighted by molar-refractivity contribution is 5.49. The van der Waals surface area contributed by atoms with Gasteiger partial charge in [0.1, 0.15) is 5.82 Å². The summed E-state index contributed by atoms with van der Waals surface area (Å²) in [6, 6.07) is 6.93. The van der Waals surface area contributed by atoms with E-state index in [-0.39, 0.29) is 5.82 Å². The molecular weight excluding hydrogens is 393 g/mol. The zero-order valence-electron chi connectivity index (χ0n) is 17.7. The molecule has 1 aromatic carbocycles. The van der Waals surface area contributed by atoms with Crippen LogP contribution in [0.5, 0.6) is 0 Å². The molecule has 31 heavy (non-hydrogen) atoms. The van der Waals surface area contributed by atoms with Crippen LogP contribution in [0.15, 0.2) is 55.7 Å². The molecule has 3 rings (SSSR count). The lowest BCUT2D eigenvalue weighted by Crippen LogP contribution is -2.43. The number of nitrogens with one attached hydrogen (secondary N) is 3. The van der Waals surface area contributed by atoms with Gasteiger partial charge in [0.05, 0.1) is 0 Å². The van der Waals surface area contributed by atoms with Gasteiger partial charge in [-0.2, -0.15) is 15.0 Å². The predicted octanol–water partition coefficient (Wildman–Crippen LogP) is 3.48. The first-order valence-corrected chi connectivity index (χ1v) is 10.5. The van der Waals surface area contributed by atoms with Gasteiger partial charge >= 0.3 is 0 Å². The number of anilines is 3. The summed E-state index contributed by atoms with van der Waals surface area (Å²) in [6.07, 6.45) is 9.61. The standard InChI is InChI=1S/C23H30FN7/c1-3-13-26-21-28-22(27-14-4-2)30-23(29-21)31-16-11-20(12-17-31)25-15-5-6-18-7-9-19(24)10-8-18/h3-10,20,25H,1-2,11-17H2,(H2,26,27,28,29,30). The van der Waals surface area contributed by atoms with E-state index in [4.69, 9.17) is 0 Å². The van der Waals surface area contributed by atoms with E-state index < -0.39 is 0 Å². The number of hydrogen-bond donors (Lipinski definition) is 3. The first-order chi connectivity index (χ1) is 15.2. The lowest BCUT2D eigenvalue weighted by molar-refractivity contribution is 0.427. The van der Waals surface area contributed by atoms with Crippen molar-refractivity contribution in [1.82, 2.24) is 20.3 Å². The third-order valence-corrected chi connectivity index (χ3v) is 4.92. The van der Waals surface area contributed by atoms with Crippen molar-refractivity contribution < 1.29 is 4.39 Å². The van der Waals surface area contributed by atoms with Crippen molar-refractivity contribution in [3.8, 4) is 0 Å². The van der Waals surface area contributed by atoms with Crippen molar-refractivity contribution in [1.29, 1.82) is 0 Å². The summed E-state index contributed by atoms with van der Waals surface area (Å²) in [7, 11) is 0. The van der Waals surface area contributed by atoms with Crippen molar-refractivity contribution in [2.24, 2.45) is 0 Å². The molecule has 1 aliphatic heterocycles. The van der Waals surface area contributed by atoms with Gasteiger partial charge < -0.3 is 20.9 Å². The fourth-order valence-electron chi connectivity index (χ4n) is 3.28. The second-order valence-electron chi connectivity index (χ2n) is 7.25. The molecule has 2 heterocycles. The highest BCUT2D eigenvalue weighted by atomic mass is 19.1. The van der Waals surface area contributed by atoms with Gasteiger partial charge in [-0.3, -0.25) is 0 Å². The van der Waals surface area contributed by atoms with Gasteiger partial charge in [0.25, 0.3) is 0 Å². The summed E-state index contributed by atoms with van der Waals surface area (Å²) in [5, 5.41) is 9.84. The number of piperidine rings is 1. The molecule has 8 heteroatoms. The van der Waals surface area contributed by atoms with Crippen molar-refractivity contribution in [2.45, 2.75) is 18.9 Å². The maximum Gasteiger partial charge on any atom is 0.231 e. The van der Waals surface area contributed by atoms with E-state index in [2.05, 4.69) is 55.0 Å². The first-order valence-electron chi connectivity index (χ1n) is 10.5. The third-order valence-electron chi connectivity index (χ3n) is 4.92. The zero-order valence-corrected chi connectivity index (χ0v) is 17.7. The Bertz CT molecular complexity index is 844. The molecule has 0 radical (unpaired) electrons. The van der Waals surface area contributed by atoms with Crippen LogP contribution >= 0.6 is 0 Å². The lowest BCUT2D eigenvalue weighted by atomic mass is 10.1. The largest absolute Gasteiger partial charge is 0.351 e. The van der Waals surface area contributed by atoms with E-state index in [1.54, 1.807) is 24.3 Å². The van der Waals surface area contributed by atoms with Gasteiger partial charge in [-0.05, 0) is 30.5 Å². The molecule has 0 unspecified atom stereocenters. The second kappa shape index (κ2) is 11.8. The maximum absolute atomic E-state index is 13.0. The average molecular weight is 424 g/mol. The number of benzene rings is 1. The van der Waals surface area contributed by atoms with Gasteiger partial charge in [-0.15, -0.1) is 13.2 Å². The highest BCUT2D eigenvalue weighted by Gasteiger charge is 2.21. The molecule has 1 fully saturated rings. The van der Waals surface area contributed by atoms with E-state index in [1.807, 2.05) is 6.08 Å². The maximum atomic E-state index is 13.0. The fourth-order valence-corrected chi connectivity index (χ4v) is 3.28. The zero-order chi connectivity index (χ0) is 21.9. The normalized spacial score (nSPS) is 14.5. The van der Waals surface area contributed by atoms with Gasteiger partial charge in [-0.25, -0.2) is 4.39 Å². The minimum atomic E-state index is -0.215. The van der Waals surface area contributed by atoms with Crippen molar-refractivity contribution in [3.05, 3.63) is 67.0 Å². The van der Waals surface area contributed by atoms with E-state index in [0.29, 0.717) is 37.0 Å². The van der Waals surface area contributed by atoms with Gasteiger partial charge in [0.15, 0.2) is 0 Å². The average Bonchev–Trinajstić information content (AvgIpc) is 2.80. The molecule has 0 spiro atoms. The minimum Gasteiger partial charge on any atom is -0.351 e. The molecule has 0 aliphatic carbocycles. The summed E-state index contributed by atoms with van der Waals surface area (Å²) >= 11 is 0. The Balaban J connectivity index is 1.51. The van der Waals surface area contributed by atoms with Crippen LogP contribution in [-0.2, 0) is 0 Å². The summed E-state index contributed by atoms with van der Waals surface area (Å²) < 4.78 is 13.0. The van der Waals surface area contributed by atoms with Crippen LogP contribution in [0.4, 0.5) is 22.2 Å². The van der Waals surface area contributed by atoms with Gasteiger partial charge in [0.2, 0.25) is 17.8 Å². The molecule has 0 atom stereocenters. The van der Waals surface area contributed by atoms with E-state index in [9.17, 15) is 4.39 Å². The smallest absolute Gasteiger partial charge is 0.231 e. The second-order valence-corrected chi connectivity index (χ2v) is 7.25. The Labute approximate surface area is 183 Å². The van der Waals surface area contributed by atoms with Crippen LogP contribution in [0.25, 0.3) is 6.08 Å². The number of rotatable bonds is 11. The molecule has 0 amide bonds. The summed E-state index contributed by atoms with van der Waals surface area (Å²) in [5.41, 5.74) is 0.995. The van der Waals surface area contributed by atoms with Crippen LogP contribution in [-0.4, -0.2) is 53.7 Å². The Morgan fingerprint density at radius 1 is 0.935 bits per heavy atom. The Hall–Kier alpha value is -3.26. The van der Waals surface area contributed by atoms with Crippen LogP contribution in [0, 0.1) is 5.82 Å². The molecule has 0 saturated carbocycles. The molecular formula is C23H30FN7. The van der Waals surface area contributed by atoms with E-state index in [0.717, 1.165) is 38.0 Å². The number of aromatic nitrogens is 3. The molecule has 1 aliphatic rings. The third kappa shape index (κ3) is 7.18. The quantitative estimate of drug-likeness (QED) is 0.478. The van der Waals surface area contributed by atoms with Crippen LogP contribution < -0.4 is 20.9 Å². The van der Waals surface area contributed by atoms with Crippen LogP contribution in [0.2, 0.25) is 0 Å². The minimum absolute atomic E-state index is 0.215. The number of hydrogen-bond acceptors (Lipinski definition) is 7. The van der Waals surface area contributed by atoms with Crippen molar-refractivity contribution in [2.75, 3.05) is 48.3 Å². The molecule has 164 valence electrons. The first kappa shape index (κ1) is 22.4. The number of nitrogens with zero attached hydrogens (tertiary/aromatic N) is 4. The topological polar surface area (TPSA) is 78.0 Å². The van der Waals surface area contributed by atoms with Crippen molar-refractivity contribution in [3.63, 3.8) is 0 Å². The Morgan fingerprint density at radius 2 is 1.55 bits per heavy atom. The molecule has 3 N–H and O–H groups in total. The summed E-state index contributed by atoms with van der Waals surface area (Å²) in [5.74, 6) is 1.51. The molecule has 1 aromatic heterocycles. The van der Waals surface area contributed by atoms with Gasteiger partial charge in [0, 0.05) is 38.8 Å². The number of halogens is 1. The predicted molar refractivity (Wildman–Crippen MR) is 126 cm³/mol.